The summed E-state index contributed by atoms with van der Waals surface area (Å²) in [5, 5.41) is 1.32. The average molecular weight is 337 g/mol. The van der Waals surface area contributed by atoms with Crippen molar-refractivity contribution in [1.29, 1.82) is 0 Å². The lowest BCUT2D eigenvalue weighted by Gasteiger charge is -2.07. The Bertz CT molecular complexity index is 840. The predicted octanol–water partition coefficient (Wildman–Crippen LogP) is 4.50. The van der Waals surface area contributed by atoms with Crippen molar-refractivity contribution in [2.45, 2.75) is 24.5 Å². The van der Waals surface area contributed by atoms with Crippen molar-refractivity contribution in [3.8, 4) is 22.7 Å². The van der Waals surface area contributed by atoms with Crippen molar-refractivity contribution < 1.29 is 9.30 Å². The molecule has 0 spiro atoms. The minimum absolute atomic E-state index is 0.548. The van der Waals surface area contributed by atoms with Crippen molar-refractivity contribution in [3.05, 3.63) is 60.8 Å². The summed E-state index contributed by atoms with van der Waals surface area (Å²) < 4.78 is 10.1. The van der Waals surface area contributed by atoms with Gasteiger partial charge < -0.3 is 4.74 Å². The molecule has 1 aliphatic rings. The maximum atomic E-state index is 5.30. The van der Waals surface area contributed by atoms with Gasteiger partial charge in [-0.2, -0.15) is 4.57 Å². The molecular weight excluding hydrogens is 316 g/mol. The van der Waals surface area contributed by atoms with E-state index in [4.69, 9.17) is 4.74 Å². The van der Waals surface area contributed by atoms with E-state index in [1.54, 1.807) is 7.11 Å². The fraction of sp³-hybridized carbons (Fsp3) is 0.250. The number of rotatable bonds is 4. The number of nitrogens with zero attached hydrogens (tertiary/aromatic N) is 2. The molecule has 1 aromatic heterocycles. The number of para-hydroxylation sites is 1. The van der Waals surface area contributed by atoms with Crippen molar-refractivity contribution >= 4 is 11.8 Å². The van der Waals surface area contributed by atoms with E-state index in [9.17, 15) is 0 Å². The van der Waals surface area contributed by atoms with Crippen LogP contribution in [0.1, 0.15) is 19.4 Å². The van der Waals surface area contributed by atoms with Gasteiger partial charge in [-0.15, -0.1) is 0 Å². The van der Waals surface area contributed by atoms with E-state index in [2.05, 4.69) is 64.7 Å². The van der Waals surface area contributed by atoms with Gasteiger partial charge in [0, 0.05) is 11.3 Å². The van der Waals surface area contributed by atoms with Crippen LogP contribution in [0.25, 0.3) is 16.9 Å². The SMILES string of the molecule is CCC1CSc2n(-c3ccccc3)cc(-c3ccc(OC)cc3)[n+]21. The van der Waals surface area contributed by atoms with E-state index in [0.717, 1.165) is 17.9 Å². The maximum absolute atomic E-state index is 5.30. The first-order valence-corrected chi connectivity index (χ1v) is 9.30. The first kappa shape index (κ1) is 15.3. The van der Waals surface area contributed by atoms with Gasteiger partial charge in [-0.1, -0.05) is 25.1 Å². The van der Waals surface area contributed by atoms with E-state index < -0.39 is 0 Å². The number of thioether (sulfide) groups is 1. The van der Waals surface area contributed by atoms with Gasteiger partial charge in [0.1, 0.15) is 23.7 Å². The number of hydrogen-bond acceptors (Lipinski definition) is 2. The zero-order chi connectivity index (χ0) is 16.5. The van der Waals surface area contributed by atoms with Gasteiger partial charge in [0.05, 0.1) is 7.11 Å². The third kappa shape index (κ3) is 2.51. The topological polar surface area (TPSA) is 18.0 Å². The highest BCUT2D eigenvalue weighted by molar-refractivity contribution is 7.99. The maximum Gasteiger partial charge on any atom is 0.324 e. The molecule has 4 heteroatoms. The first-order valence-electron chi connectivity index (χ1n) is 8.31. The highest BCUT2D eigenvalue weighted by Gasteiger charge is 2.36. The van der Waals surface area contributed by atoms with Gasteiger partial charge in [-0.25, -0.2) is 4.57 Å². The van der Waals surface area contributed by atoms with E-state index in [-0.39, 0.29) is 0 Å². The van der Waals surface area contributed by atoms with Gasteiger partial charge >= 0.3 is 5.16 Å². The number of methoxy groups -OCH3 is 1. The van der Waals surface area contributed by atoms with Crippen LogP contribution >= 0.6 is 11.8 Å². The Morgan fingerprint density at radius 3 is 2.54 bits per heavy atom. The van der Waals surface area contributed by atoms with E-state index in [1.807, 2.05) is 23.9 Å². The second-order valence-electron chi connectivity index (χ2n) is 5.97. The lowest BCUT2D eigenvalue weighted by molar-refractivity contribution is -0.738. The van der Waals surface area contributed by atoms with Crippen LogP contribution in [-0.2, 0) is 0 Å². The van der Waals surface area contributed by atoms with Gasteiger partial charge in [-0.3, -0.25) is 0 Å². The molecule has 2 aromatic carbocycles. The van der Waals surface area contributed by atoms with Crippen molar-refractivity contribution in [3.63, 3.8) is 0 Å². The Labute approximate surface area is 146 Å². The van der Waals surface area contributed by atoms with Crippen LogP contribution in [0.5, 0.6) is 5.75 Å². The Morgan fingerprint density at radius 2 is 1.88 bits per heavy atom. The van der Waals surface area contributed by atoms with Crippen LogP contribution in [0.2, 0.25) is 0 Å². The standard InChI is InChI=1S/C20H21N2OS/c1-3-16-14-24-20-21(17-7-5-4-6-8-17)13-19(22(16)20)15-9-11-18(23-2)12-10-15/h4-13,16H,3,14H2,1-2H3/q+1. The number of fused-ring (bicyclic) bond motifs is 1. The molecule has 0 radical (unpaired) electrons. The molecule has 1 unspecified atom stereocenters. The summed E-state index contributed by atoms with van der Waals surface area (Å²) >= 11 is 1.95. The minimum Gasteiger partial charge on any atom is -0.497 e. The molecule has 3 nitrogen and oxygen atoms in total. The number of ether oxygens (including phenoxy) is 1. The molecule has 0 amide bonds. The summed E-state index contributed by atoms with van der Waals surface area (Å²) in [5.41, 5.74) is 3.71. The van der Waals surface area contributed by atoms with Gasteiger partial charge in [0.2, 0.25) is 0 Å². The molecule has 0 fully saturated rings. The third-order valence-corrected chi connectivity index (χ3v) is 5.79. The van der Waals surface area contributed by atoms with Gasteiger partial charge in [-0.05, 0) is 54.6 Å². The zero-order valence-electron chi connectivity index (χ0n) is 14.0. The number of benzene rings is 2. The highest BCUT2D eigenvalue weighted by Crippen LogP contribution is 2.35. The second-order valence-corrected chi connectivity index (χ2v) is 6.96. The molecule has 0 N–H and O–H groups in total. The smallest absolute Gasteiger partial charge is 0.324 e. The summed E-state index contributed by atoms with van der Waals surface area (Å²) in [5.74, 6) is 2.03. The molecule has 0 aliphatic carbocycles. The van der Waals surface area contributed by atoms with Gasteiger partial charge in [0.25, 0.3) is 0 Å². The predicted molar refractivity (Wildman–Crippen MR) is 98.0 cm³/mol. The van der Waals surface area contributed by atoms with Crippen LogP contribution in [0.4, 0.5) is 0 Å². The Kier molecular flexibility index (Phi) is 4.07. The molecule has 4 rings (SSSR count). The number of imidazole rings is 1. The van der Waals surface area contributed by atoms with Crippen molar-refractivity contribution in [2.24, 2.45) is 0 Å². The quantitative estimate of drug-likeness (QED) is 0.653. The fourth-order valence-electron chi connectivity index (χ4n) is 3.25. The molecule has 2 heterocycles. The van der Waals surface area contributed by atoms with Crippen LogP contribution in [-0.4, -0.2) is 17.4 Å². The molecule has 1 aliphatic heterocycles. The summed E-state index contributed by atoms with van der Waals surface area (Å²) in [6.45, 7) is 2.27. The number of hydrogen-bond donors (Lipinski definition) is 0. The average Bonchev–Trinajstić information content (AvgIpc) is 3.23. The van der Waals surface area contributed by atoms with Gasteiger partial charge in [0.15, 0.2) is 5.69 Å². The summed E-state index contributed by atoms with van der Waals surface area (Å²) in [6.07, 6.45) is 3.41. The Balaban J connectivity index is 1.87. The van der Waals surface area contributed by atoms with Crippen LogP contribution < -0.4 is 9.30 Å². The lowest BCUT2D eigenvalue weighted by Crippen LogP contribution is -2.38. The van der Waals surface area contributed by atoms with Crippen molar-refractivity contribution in [1.82, 2.24) is 4.57 Å². The summed E-state index contributed by atoms with van der Waals surface area (Å²) in [6, 6.07) is 19.5. The normalized spacial score (nSPS) is 16.2. The second kappa shape index (κ2) is 6.36. The molecule has 1 atom stereocenters. The Hall–Kier alpha value is -2.20. The van der Waals surface area contributed by atoms with E-state index in [0.29, 0.717) is 6.04 Å². The first-order chi connectivity index (χ1) is 11.8. The summed E-state index contributed by atoms with van der Waals surface area (Å²) in [4.78, 5) is 0. The molecule has 0 saturated heterocycles. The molecule has 0 saturated carbocycles. The third-order valence-electron chi connectivity index (χ3n) is 4.58. The Morgan fingerprint density at radius 1 is 1.12 bits per heavy atom. The molecule has 3 aromatic rings. The van der Waals surface area contributed by atoms with Crippen LogP contribution in [0, 0.1) is 0 Å². The molecule has 0 bridgehead atoms. The summed E-state index contributed by atoms with van der Waals surface area (Å²) in [7, 11) is 1.71. The zero-order valence-corrected chi connectivity index (χ0v) is 14.8. The number of aromatic nitrogens is 2. The largest absolute Gasteiger partial charge is 0.497 e. The lowest BCUT2D eigenvalue weighted by atomic mass is 10.1. The van der Waals surface area contributed by atoms with Crippen molar-refractivity contribution in [2.75, 3.05) is 12.9 Å². The van der Waals surface area contributed by atoms with E-state index in [1.165, 1.54) is 22.1 Å². The van der Waals surface area contributed by atoms with E-state index >= 15 is 0 Å². The van der Waals surface area contributed by atoms with Crippen LogP contribution in [0.3, 0.4) is 0 Å². The fourth-order valence-corrected chi connectivity index (χ4v) is 4.66. The van der Waals surface area contributed by atoms with Crippen LogP contribution in [0.15, 0.2) is 66.0 Å². The molecule has 122 valence electrons. The monoisotopic (exact) mass is 337 g/mol. The molecular formula is C20H21N2OS+. The highest BCUT2D eigenvalue weighted by atomic mass is 32.2. The minimum atomic E-state index is 0.548. The molecule has 24 heavy (non-hydrogen) atoms.